The summed E-state index contributed by atoms with van der Waals surface area (Å²) < 4.78 is 16.3. The van der Waals surface area contributed by atoms with Crippen molar-refractivity contribution in [3.63, 3.8) is 0 Å². The molecule has 1 N–H and O–H groups in total. The van der Waals surface area contributed by atoms with Gasteiger partial charge in [-0.1, -0.05) is 22.0 Å². The first kappa shape index (κ1) is 13.8. The zero-order valence-corrected chi connectivity index (χ0v) is 12.6. The second-order valence-corrected chi connectivity index (χ2v) is 5.59. The first-order chi connectivity index (χ1) is 10.1. The highest BCUT2D eigenvalue weighted by atomic mass is 79.9. The van der Waals surface area contributed by atoms with E-state index in [-0.39, 0.29) is 18.3 Å². The SMILES string of the molecule is O=C(Cn1ccc2c(F)cccc21)Nc1ccc(Br)cc1. The monoisotopic (exact) mass is 346 g/mol. The van der Waals surface area contributed by atoms with Crippen LogP contribution in [0.3, 0.4) is 0 Å². The van der Waals surface area contributed by atoms with Gasteiger partial charge in [0.25, 0.3) is 0 Å². The largest absolute Gasteiger partial charge is 0.338 e. The minimum Gasteiger partial charge on any atom is -0.338 e. The molecule has 0 spiro atoms. The number of rotatable bonds is 3. The zero-order valence-electron chi connectivity index (χ0n) is 11.0. The lowest BCUT2D eigenvalue weighted by atomic mass is 10.2. The van der Waals surface area contributed by atoms with Gasteiger partial charge < -0.3 is 9.88 Å². The predicted octanol–water partition coefficient (Wildman–Crippen LogP) is 4.18. The number of nitrogens with zero attached hydrogens (tertiary/aromatic N) is 1. The van der Waals surface area contributed by atoms with E-state index < -0.39 is 0 Å². The summed E-state index contributed by atoms with van der Waals surface area (Å²) in [5.74, 6) is -0.432. The average Bonchev–Trinajstić information content (AvgIpc) is 2.86. The van der Waals surface area contributed by atoms with E-state index in [1.54, 1.807) is 29.0 Å². The fourth-order valence-corrected chi connectivity index (χ4v) is 2.48. The molecule has 1 aromatic heterocycles. The van der Waals surface area contributed by atoms with Crippen LogP contribution in [0.5, 0.6) is 0 Å². The van der Waals surface area contributed by atoms with Crippen LogP contribution in [-0.4, -0.2) is 10.5 Å². The van der Waals surface area contributed by atoms with E-state index in [1.165, 1.54) is 6.07 Å². The number of nitrogens with one attached hydrogen (secondary N) is 1. The Morgan fingerprint density at radius 1 is 1.14 bits per heavy atom. The van der Waals surface area contributed by atoms with Gasteiger partial charge in [-0.2, -0.15) is 0 Å². The number of amides is 1. The van der Waals surface area contributed by atoms with Crippen LogP contribution >= 0.6 is 15.9 Å². The van der Waals surface area contributed by atoms with Gasteiger partial charge in [-0.25, -0.2) is 4.39 Å². The second kappa shape index (κ2) is 5.69. The van der Waals surface area contributed by atoms with Crippen LogP contribution in [0.1, 0.15) is 0 Å². The molecule has 0 unspecified atom stereocenters. The highest BCUT2D eigenvalue weighted by molar-refractivity contribution is 9.10. The van der Waals surface area contributed by atoms with Crippen LogP contribution in [-0.2, 0) is 11.3 Å². The molecular weight excluding hydrogens is 335 g/mol. The van der Waals surface area contributed by atoms with E-state index >= 15 is 0 Å². The molecule has 3 rings (SSSR count). The first-order valence-electron chi connectivity index (χ1n) is 6.42. The smallest absolute Gasteiger partial charge is 0.244 e. The fraction of sp³-hybridized carbons (Fsp3) is 0.0625. The van der Waals surface area contributed by atoms with Gasteiger partial charge in [-0.15, -0.1) is 0 Å². The van der Waals surface area contributed by atoms with Gasteiger partial charge in [0.15, 0.2) is 0 Å². The Morgan fingerprint density at radius 3 is 2.67 bits per heavy atom. The van der Waals surface area contributed by atoms with E-state index in [1.807, 2.05) is 24.3 Å². The molecule has 0 bridgehead atoms. The summed E-state index contributed by atoms with van der Waals surface area (Å²) in [5.41, 5.74) is 1.44. The van der Waals surface area contributed by atoms with E-state index in [4.69, 9.17) is 0 Å². The Bertz CT molecular complexity index is 796. The van der Waals surface area contributed by atoms with Crippen molar-refractivity contribution in [1.82, 2.24) is 4.57 Å². The van der Waals surface area contributed by atoms with Gasteiger partial charge in [0.2, 0.25) is 5.91 Å². The summed E-state index contributed by atoms with van der Waals surface area (Å²) in [6.07, 6.45) is 1.72. The minimum atomic E-state index is -0.278. The van der Waals surface area contributed by atoms with Gasteiger partial charge in [0.05, 0.1) is 5.52 Å². The van der Waals surface area contributed by atoms with Crippen molar-refractivity contribution in [3.8, 4) is 0 Å². The van der Waals surface area contributed by atoms with Gasteiger partial charge in [0, 0.05) is 21.7 Å². The minimum absolute atomic E-state index is 0.142. The van der Waals surface area contributed by atoms with Crippen LogP contribution in [0.25, 0.3) is 10.9 Å². The number of hydrogen-bond acceptors (Lipinski definition) is 1. The topological polar surface area (TPSA) is 34.0 Å². The summed E-state index contributed by atoms with van der Waals surface area (Å²) in [7, 11) is 0. The van der Waals surface area contributed by atoms with Gasteiger partial charge in [-0.05, 0) is 42.5 Å². The summed E-state index contributed by atoms with van der Waals surface area (Å²) in [4.78, 5) is 12.1. The molecule has 0 aliphatic carbocycles. The first-order valence-corrected chi connectivity index (χ1v) is 7.21. The molecule has 0 aliphatic heterocycles. The lowest BCUT2D eigenvalue weighted by Gasteiger charge is -2.07. The third-order valence-corrected chi connectivity index (χ3v) is 3.73. The molecule has 0 saturated carbocycles. The maximum atomic E-state index is 13.6. The Morgan fingerprint density at radius 2 is 1.90 bits per heavy atom. The van der Waals surface area contributed by atoms with Crippen LogP contribution in [0, 0.1) is 5.82 Å². The molecule has 2 aromatic carbocycles. The zero-order chi connectivity index (χ0) is 14.8. The number of halogens is 2. The highest BCUT2D eigenvalue weighted by Crippen LogP contribution is 2.19. The lowest BCUT2D eigenvalue weighted by Crippen LogP contribution is -2.18. The molecule has 3 nitrogen and oxygen atoms in total. The highest BCUT2D eigenvalue weighted by Gasteiger charge is 2.08. The summed E-state index contributed by atoms with van der Waals surface area (Å²) in [5, 5.41) is 3.33. The maximum Gasteiger partial charge on any atom is 0.244 e. The quantitative estimate of drug-likeness (QED) is 0.758. The molecule has 0 aliphatic rings. The number of anilines is 1. The molecule has 5 heteroatoms. The van der Waals surface area contributed by atoms with E-state index in [9.17, 15) is 9.18 Å². The number of aromatic nitrogens is 1. The number of benzene rings is 2. The molecule has 106 valence electrons. The third kappa shape index (κ3) is 2.97. The third-order valence-electron chi connectivity index (χ3n) is 3.20. The number of fused-ring (bicyclic) bond motifs is 1. The van der Waals surface area contributed by atoms with Crippen molar-refractivity contribution in [2.45, 2.75) is 6.54 Å². The predicted molar refractivity (Wildman–Crippen MR) is 84.7 cm³/mol. The normalized spacial score (nSPS) is 10.8. The van der Waals surface area contributed by atoms with E-state index in [0.29, 0.717) is 10.9 Å². The van der Waals surface area contributed by atoms with Gasteiger partial charge in [0.1, 0.15) is 12.4 Å². The molecule has 21 heavy (non-hydrogen) atoms. The van der Waals surface area contributed by atoms with Crippen molar-refractivity contribution in [1.29, 1.82) is 0 Å². The molecule has 1 heterocycles. The van der Waals surface area contributed by atoms with E-state index in [2.05, 4.69) is 21.2 Å². The maximum absolute atomic E-state index is 13.6. The van der Waals surface area contributed by atoms with Crippen LogP contribution < -0.4 is 5.32 Å². The van der Waals surface area contributed by atoms with Crippen molar-refractivity contribution in [2.24, 2.45) is 0 Å². The standard InChI is InChI=1S/C16H12BrFN2O/c17-11-4-6-12(7-5-11)19-16(21)10-20-9-8-13-14(18)2-1-3-15(13)20/h1-9H,10H2,(H,19,21). The summed E-state index contributed by atoms with van der Waals surface area (Å²) in [6, 6.07) is 13.9. The van der Waals surface area contributed by atoms with E-state index in [0.717, 1.165) is 10.2 Å². The molecule has 0 atom stereocenters. The van der Waals surface area contributed by atoms with Crippen LogP contribution in [0.2, 0.25) is 0 Å². The Hall–Kier alpha value is -2.14. The van der Waals surface area contributed by atoms with Crippen molar-refractivity contribution >= 4 is 38.4 Å². The average molecular weight is 347 g/mol. The number of carbonyl (C=O) groups excluding carboxylic acids is 1. The second-order valence-electron chi connectivity index (χ2n) is 4.67. The van der Waals surface area contributed by atoms with Gasteiger partial charge >= 0.3 is 0 Å². The van der Waals surface area contributed by atoms with Crippen molar-refractivity contribution in [2.75, 3.05) is 5.32 Å². The molecule has 0 radical (unpaired) electrons. The molecule has 0 fully saturated rings. The number of carbonyl (C=O) groups is 1. The summed E-state index contributed by atoms with van der Waals surface area (Å²) >= 11 is 3.34. The Labute approximate surface area is 129 Å². The Kier molecular flexibility index (Phi) is 3.75. The molecule has 1 amide bonds. The molecule has 0 saturated heterocycles. The van der Waals surface area contributed by atoms with Crippen molar-refractivity contribution in [3.05, 3.63) is 65.0 Å². The van der Waals surface area contributed by atoms with Gasteiger partial charge in [-0.3, -0.25) is 4.79 Å². The Balaban J connectivity index is 1.77. The summed E-state index contributed by atoms with van der Waals surface area (Å²) in [6.45, 7) is 0.142. The fourth-order valence-electron chi connectivity index (χ4n) is 2.21. The molecular formula is C16H12BrFN2O. The lowest BCUT2D eigenvalue weighted by molar-refractivity contribution is -0.116. The van der Waals surface area contributed by atoms with Crippen molar-refractivity contribution < 1.29 is 9.18 Å². The molecule has 3 aromatic rings. The number of hydrogen-bond donors (Lipinski definition) is 1. The van der Waals surface area contributed by atoms with Crippen LogP contribution in [0.4, 0.5) is 10.1 Å². The van der Waals surface area contributed by atoms with Crippen LogP contribution in [0.15, 0.2) is 59.2 Å².